The molecule has 0 aliphatic rings. The topological polar surface area (TPSA) is 86.2 Å². The molecule has 2 heterocycles. The number of carbonyl (C=O) groups excluding carboxylic acids is 2. The highest BCUT2D eigenvalue weighted by atomic mass is 16.3. The minimum Gasteiger partial charge on any atom is -0.453 e. The molecule has 4 aromatic rings. The lowest BCUT2D eigenvalue weighted by molar-refractivity contribution is 0.100. The standard InChI is InChI=1S/C21H14N2O3/c22-21(25)17-11-19(23-18-4-2-1-3-16(17)18)13-5-7-14(8-6-13)20-10-9-15(12-24)26-20/h1-12H,(H2,22,25). The van der Waals surface area contributed by atoms with Gasteiger partial charge in [-0.05, 0) is 24.3 Å². The molecule has 1 amide bonds. The average Bonchev–Trinajstić information content (AvgIpc) is 3.16. The lowest BCUT2D eigenvalue weighted by Crippen LogP contribution is -2.12. The predicted molar refractivity (Wildman–Crippen MR) is 98.8 cm³/mol. The highest BCUT2D eigenvalue weighted by molar-refractivity contribution is 6.06. The molecule has 0 aliphatic heterocycles. The Morgan fingerprint density at radius 3 is 2.38 bits per heavy atom. The maximum Gasteiger partial charge on any atom is 0.249 e. The number of aromatic nitrogens is 1. The van der Waals surface area contributed by atoms with Crippen molar-refractivity contribution in [3.8, 4) is 22.6 Å². The zero-order valence-electron chi connectivity index (χ0n) is 13.7. The average molecular weight is 342 g/mol. The molecule has 0 radical (unpaired) electrons. The molecule has 0 fully saturated rings. The number of para-hydroxylation sites is 1. The number of carbonyl (C=O) groups is 2. The summed E-state index contributed by atoms with van der Waals surface area (Å²) in [7, 11) is 0. The van der Waals surface area contributed by atoms with Crippen LogP contribution in [0, 0.1) is 0 Å². The highest BCUT2D eigenvalue weighted by Gasteiger charge is 2.12. The number of pyridine rings is 1. The van der Waals surface area contributed by atoms with Crippen molar-refractivity contribution in [2.45, 2.75) is 0 Å². The molecule has 0 aliphatic carbocycles. The molecule has 0 saturated heterocycles. The Hall–Kier alpha value is -3.73. The molecule has 5 heteroatoms. The summed E-state index contributed by atoms with van der Waals surface area (Å²) in [5.41, 5.74) is 9.05. The van der Waals surface area contributed by atoms with E-state index in [4.69, 9.17) is 10.2 Å². The van der Waals surface area contributed by atoms with Gasteiger partial charge in [0.25, 0.3) is 0 Å². The SMILES string of the molecule is NC(=O)c1cc(-c2ccc(-c3ccc(C=O)o3)cc2)nc2ccccc12. The van der Waals surface area contributed by atoms with Gasteiger partial charge in [-0.25, -0.2) is 4.98 Å². The van der Waals surface area contributed by atoms with Crippen LogP contribution < -0.4 is 5.73 Å². The van der Waals surface area contributed by atoms with Crippen LogP contribution in [0.3, 0.4) is 0 Å². The van der Waals surface area contributed by atoms with Gasteiger partial charge < -0.3 is 10.2 Å². The minimum atomic E-state index is -0.488. The fraction of sp³-hybridized carbons (Fsp3) is 0. The van der Waals surface area contributed by atoms with Gasteiger partial charge in [0.1, 0.15) is 5.76 Å². The van der Waals surface area contributed by atoms with Crippen LogP contribution in [0.4, 0.5) is 0 Å². The van der Waals surface area contributed by atoms with Crippen molar-refractivity contribution >= 4 is 23.1 Å². The zero-order chi connectivity index (χ0) is 18.1. The van der Waals surface area contributed by atoms with E-state index in [1.165, 1.54) is 0 Å². The van der Waals surface area contributed by atoms with Crippen LogP contribution in [-0.2, 0) is 0 Å². The molecule has 0 unspecified atom stereocenters. The third-order valence-electron chi connectivity index (χ3n) is 4.19. The Bertz CT molecular complexity index is 1130. The zero-order valence-corrected chi connectivity index (χ0v) is 13.7. The smallest absolute Gasteiger partial charge is 0.249 e. The summed E-state index contributed by atoms with van der Waals surface area (Å²) in [5.74, 6) is 0.410. The number of rotatable bonds is 4. The van der Waals surface area contributed by atoms with Crippen molar-refractivity contribution in [1.29, 1.82) is 0 Å². The first-order valence-electron chi connectivity index (χ1n) is 8.01. The third-order valence-corrected chi connectivity index (χ3v) is 4.19. The maximum atomic E-state index is 11.8. The number of furan rings is 1. The fourth-order valence-electron chi connectivity index (χ4n) is 2.90. The van der Waals surface area contributed by atoms with Crippen LogP contribution >= 0.6 is 0 Å². The lowest BCUT2D eigenvalue weighted by atomic mass is 10.0. The molecule has 0 bridgehead atoms. The first-order chi connectivity index (χ1) is 12.7. The van der Waals surface area contributed by atoms with Crippen molar-refractivity contribution in [2.75, 3.05) is 0 Å². The van der Waals surface area contributed by atoms with Crippen molar-refractivity contribution in [2.24, 2.45) is 5.73 Å². The Morgan fingerprint density at radius 2 is 1.69 bits per heavy atom. The Kier molecular flexibility index (Phi) is 3.82. The lowest BCUT2D eigenvalue weighted by Gasteiger charge is -2.08. The monoisotopic (exact) mass is 342 g/mol. The molecule has 26 heavy (non-hydrogen) atoms. The Balaban J connectivity index is 1.78. The van der Waals surface area contributed by atoms with Gasteiger partial charge in [0, 0.05) is 16.5 Å². The molecule has 0 atom stereocenters. The van der Waals surface area contributed by atoms with Crippen LogP contribution in [0.25, 0.3) is 33.5 Å². The molecule has 0 spiro atoms. The van der Waals surface area contributed by atoms with Crippen LogP contribution in [0.2, 0.25) is 0 Å². The summed E-state index contributed by atoms with van der Waals surface area (Å²) in [5, 5.41) is 0.734. The minimum absolute atomic E-state index is 0.284. The number of amides is 1. The summed E-state index contributed by atoms with van der Waals surface area (Å²) >= 11 is 0. The van der Waals surface area contributed by atoms with Gasteiger partial charge in [-0.2, -0.15) is 0 Å². The Labute approximate surface area is 149 Å². The number of primary amides is 1. The molecule has 5 nitrogen and oxygen atoms in total. The van der Waals surface area contributed by atoms with Gasteiger partial charge in [0.15, 0.2) is 12.0 Å². The molecule has 0 saturated carbocycles. The normalized spacial score (nSPS) is 10.8. The maximum absolute atomic E-state index is 11.8. The summed E-state index contributed by atoms with van der Waals surface area (Å²) in [6.07, 6.45) is 0.669. The number of aldehydes is 1. The summed E-state index contributed by atoms with van der Waals surface area (Å²) in [4.78, 5) is 27.2. The van der Waals surface area contributed by atoms with Gasteiger partial charge in [0.2, 0.25) is 5.91 Å². The molecular formula is C21H14N2O3. The molecular weight excluding hydrogens is 328 g/mol. The molecule has 2 aromatic heterocycles. The van der Waals surface area contributed by atoms with Gasteiger partial charge in [-0.1, -0.05) is 42.5 Å². The van der Waals surface area contributed by atoms with E-state index in [0.717, 1.165) is 16.5 Å². The van der Waals surface area contributed by atoms with Crippen molar-refractivity contribution in [1.82, 2.24) is 4.98 Å². The number of fused-ring (bicyclic) bond motifs is 1. The van der Waals surface area contributed by atoms with E-state index in [9.17, 15) is 9.59 Å². The highest BCUT2D eigenvalue weighted by Crippen LogP contribution is 2.28. The van der Waals surface area contributed by atoms with E-state index in [1.807, 2.05) is 48.5 Å². The van der Waals surface area contributed by atoms with Gasteiger partial charge >= 0.3 is 0 Å². The molecule has 4 rings (SSSR count). The molecule has 126 valence electrons. The summed E-state index contributed by atoms with van der Waals surface area (Å²) < 4.78 is 5.43. The van der Waals surface area contributed by atoms with Gasteiger partial charge in [0.05, 0.1) is 16.8 Å². The number of benzene rings is 2. The second kappa shape index (κ2) is 6.29. The second-order valence-electron chi connectivity index (χ2n) is 5.83. The van der Waals surface area contributed by atoms with E-state index >= 15 is 0 Å². The molecule has 2 N–H and O–H groups in total. The third kappa shape index (κ3) is 2.75. The van der Waals surface area contributed by atoms with Crippen molar-refractivity contribution < 1.29 is 14.0 Å². The van der Waals surface area contributed by atoms with Crippen LogP contribution in [0.5, 0.6) is 0 Å². The van der Waals surface area contributed by atoms with E-state index in [0.29, 0.717) is 28.8 Å². The van der Waals surface area contributed by atoms with E-state index < -0.39 is 5.91 Å². The predicted octanol–water partition coefficient (Wildman–Crippen LogP) is 4.07. The largest absolute Gasteiger partial charge is 0.453 e. The van der Waals surface area contributed by atoms with Crippen molar-refractivity contribution in [3.63, 3.8) is 0 Å². The van der Waals surface area contributed by atoms with Crippen LogP contribution in [0.15, 0.2) is 71.1 Å². The van der Waals surface area contributed by atoms with E-state index in [1.54, 1.807) is 18.2 Å². The van der Waals surface area contributed by atoms with Gasteiger partial charge in [-0.3, -0.25) is 9.59 Å². The van der Waals surface area contributed by atoms with Gasteiger partial charge in [-0.15, -0.1) is 0 Å². The second-order valence-corrected chi connectivity index (χ2v) is 5.83. The number of hydrogen-bond acceptors (Lipinski definition) is 4. The first-order valence-corrected chi connectivity index (χ1v) is 8.01. The van der Waals surface area contributed by atoms with Crippen molar-refractivity contribution in [3.05, 3.63) is 78.1 Å². The fourth-order valence-corrected chi connectivity index (χ4v) is 2.90. The number of nitrogens with two attached hydrogens (primary N) is 1. The quantitative estimate of drug-likeness (QED) is 0.566. The number of nitrogens with zero attached hydrogens (tertiary/aromatic N) is 1. The Morgan fingerprint density at radius 1 is 0.962 bits per heavy atom. The van der Waals surface area contributed by atoms with E-state index in [-0.39, 0.29) is 5.76 Å². The first kappa shape index (κ1) is 15.8. The number of hydrogen-bond donors (Lipinski definition) is 1. The van der Waals surface area contributed by atoms with Crippen LogP contribution in [-0.4, -0.2) is 17.2 Å². The van der Waals surface area contributed by atoms with Crippen LogP contribution in [0.1, 0.15) is 20.9 Å². The molecule has 2 aromatic carbocycles. The van der Waals surface area contributed by atoms with E-state index in [2.05, 4.69) is 4.98 Å². The summed E-state index contributed by atoms with van der Waals surface area (Å²) in [6, 6.07) is 20.0. The summed E-state index contributed by atoms with van der Waals surface area (Å²) in [6.45, 7) is 0.